The number of nitrogens with one attached hydrogen (secondary N) is 1. The molecule has 1 amide bonds. The minimum Gasteiger partial charge on any atom is -0.339 e. The minimum absolute atomic E-state index is 0.0906. The number of aryl methyl sites for hydroxylation is 1. The predicted molar refractivity (Wildman–Crippen MR) is 82.5 cm³/mol. The number of nitrogens with two attached hydrogens (primary N) is 1. The van der Waals surface area contributed by atoms with Crippen LogP contribution >= 0.6 is 0 Å². The van der Waals surface area contributed by atoms with E-state index in [9.17, 15) is 4.79 Å². The quantitative estimate of drug-likeness (QED) is 0.656. The van der Waals surface area contributed by atoms with E-state index in [0.29, 0.717) is 11.3 Å². The molecule has 20 heavy (non-hydrogen) atoms. The number of benzene rings is 1. The second-order valence-corrected chi connectivity index (χ2v) is 5.72. The molecule has 0 saturated carbocycles. The Labute approximate surface area is 121 Å². The molecule has 1 aromatic rings. The second-order valence-electron chi connectivity index (χ2n) is 5.72. The molecule has 0 aliphatic carbocycles. The van der Waals surface area contributed by atoms with Crippen LogP contribution in [0.5, 0.6) is 0 Å². The van der Waals surface area contributed by atoms with Crippen LogP contribution < -0.4 is 11.3 Å². The van der Waals surface area contributed by atoms with Crippen molar-refractivity contribution in [2.24, 2.45) is 11.8 Å². The van der Waals surface area contributed by atoms with Crippen molar-refractivity contribution in [3.63, 3.8) is 0 Å². The molecule has 1 aliphatic rings. The van der Waals surface area contributed by atoms with E-state index in [4.69, 9.17) is 5.84 Å². The number of piperidine rings is 1. The van der Waals surface area contributed by atoms with Gasteiger partial charge < -0.3 is 10.3 Å². The van der Waals surface area contributed by atoms with Crippen molar-refractivity contribution in [1.82, 2.24) is 4.90 Å². The van der Waals surface area contributed by atoms with Crippen molar-refractivity contribution in [3.05, 3.63) is 29.3 Å². The molecule has 3 N–H and O–H groups in total. The topological polar surface area (TPSA) is 58.4 Å². The van der Waals surface area contributed by atoms with E-state index in [1.54, 1.807) is 0 Å². The molecule has 1 aliphatic heterocycles. The lowest BCUT2D eigenvalue weighted by Crippen LogP contribution is -2.38. The van der Waals surface area contributed by atoms with E-state index < -0.39 is 0 Å². The zero-order chi connectivity index (χ0) is 14.5. The molecule has 4 nitrogen and oxygen atoms in total. The number of anilines is 1. The van der Waals surface area contributed by atoms with Crippen LogP contribution in [0.4, 0.5) is 5.69 Å². The molecule has 0 unspecified atom stereocenters. The van der Waals surface area contributed by atoms with Gasteiger partial charge in [-0.25, -0.2) is 0 Å². The summed E-state index contributed by atoms with van der Waals surface area (Å²) in [6.07, 6.45) is 4.76. The molecule has 0 aromatic heterocycles. The molecule has 4 heteroatoms. The lowest BCUT2D eigenvalue weighted by atomic mass is 9.92. The largest absolute Gasteiger partial charge is 0.339 e. The smallest absolute Gasteiger partial charge is 0.256 e. The highest BCUT2D eigenvalue weighted by molar-refractivity contribution is 5.99. The summed E-state index contributed by atoms with van der Waals surface area (Å²) in [6, 6.07) is 5.74. The van der Waals surface area contributed by atoms with Crippen LogP contribution in [0, 0.1) is 12.8 Å². The maximum absolute atomic E-state index is 12.6. The van der Waals surface area contributed by atoms with Crippen molar-refractivity contribution < 1.29 is 4.79 Å². The van der Waals surface area contributed by atoms with Crippen LogP contribution in [0.1, 0.15) is 48.5 Å². The van der Waals surface area contributed by atoms with E-state index in [-0.39, 0.29) is 5.91 Å². The number of hydrogen-bond acceptors (Lipinski definition) is 3. The third-order valence-electron chi connectivity index (χ3n) is 4.16. The summed E-state index contributed by atoms with van der Waals surface area (Å²) in [4.78, 5) is 14.5. The van der Waals surface area contributed by atoms with Crippen molar-refractivity contribution in [1.29, 1.82) is 0 Å². The molecular weight excluding hydrogens is 250 g/mol. The van der Waals surface area contributed by atoms with E-state index >= 15 is 0 Å². The van der Waals surface area contributed by atoms with Crippen molar-refractivity contribution in [3.8, 4) is 0 Å². The maximum Gasteiger partial charge on any atom is 0.256 e. The van der Waals surface area contributed by atoms with Gasteiger partial charge in [-0.15, -0.1) is 0 Å². The van der Waals surface area contributed by atoms with Gasteiger partial charge in [-0.3, -0.25) is 10.6 Å². The van der Waals surface area contributed by atoms with Gasteiger partial charge in [-0.1, -0.05) is 25.8 Å². The molecule has 1 heterocycles. The van der Waals surface area contributed by atoms with Gasteiger partial charge in [0, 0.05) is 13.1 Å². The number of likely N-dealkylation sites (tertiary alicyclic amines) is 1. The highest BCUT2D eigenvalue weighted by Gasteiger charge is 2.24. The number of hydrogen-bond donors (Lipinski definition) is 2. The molecule has 0 spiro atoms. The first-order chi connectivity index (χ1) is 9.65. The van der Waals surface area contributed by atoms with Crippen molar-refractivity contribution >= 4 is 11.6 Å². The van der Waals surface area contributed by atoms with Crippen molar-refractivity contribution in [2.45, 2.75) is 39.5 Å². The number of carbonyl (C=O) groups is 1. The van der Waals surface area contributed by atoms with Crippen LogP contribution in [0.15, 0.2) is 18.2 Å². The second kappa shape index (κ2) is 6.75. The molecule has 2 rings (SSSR count). The highest BCUT2D eigenvalue weighted by Crippen LogP contribution is 2.25. The van der Waals surface area contributed by atoms with Gasteiger partial charge in [0.15, 0.2) is 0 Å². The van der Waals surface area contributed by atoms with Crippen LogP contribution in [0.2, 0.25) is 0 Å². The molecule has 0 atom stereocenters. The van der Waals surface area contributed by atoms with Crippen molar-refractivity contribution in [2.75, 3.05) is 18.5 Å². The number of hydrazine groups is 1. The lowest BCUT2D eigenvalue weighted by molar-refractivity contribution is 0.0687. The van der Waals surface area contributed by atoms with Crippen LogP contribution in [0.25, 0.3) is 0 Å². The van der Waals surface area contributed by atoms with Gasteiger partial charge in [0.2, 0.25) is 0 Å². The first-order valence-corrected chi connectivity index (χ1v) is 7.52. The fourth-order valence-electron chi connectivity index (χ4n) is 2.97. The minimum atomic E-state index is 0.0906. The van der Waals surface area contributed by atoms with Gasteiger partial charge in [0.25, 0.3) is 5.91 Å². The maximum atomic E-state index is 12.6. The molecule has 0 radical (unpaired) electrons. The van der Waals surface area contributed by atoms with Gasteiger partial charge in [-0.2, -0.15) is 0 Å². The molecule has 1 saturated heterocycles. The fraction of sp³-hybridized carbons (Fsp3) is 0.562. The Balaban J connectivity index is 2.05. The normalized spacial score (nSPS) is 16.2. The first-order valence-electron chi connectivity index (χ1n) is 7.52. The Morgan fingerprint density at radius 2 is 2.10 bits per heavy atom. The Bertz CT molecular complexity index is 465. The standard InChI is InChI=1S/C16H25N3O/c1-3-4-13-7-9-19(10-8-13)16(20)14-6-5-12(2)11-15(14)18-17/h5-6,11,13,18H,3-4,7-10,17H2,1-2H3. The number of amides is 1. The third-order valence-corrected chi connectivity index (χ3v) is 4.16. The lowest BCUT2D eigenvalue weighted by Gasteiger charge is -2.32. The average Bonchev–Trinajstić information content (AvgIpc) is 2.47. The third kappa shape index (κ3) is 3.31. The van der Waals surface area contributed by atoms with Gasteiger partial charge >= 0.3 is 0 Å². The van der Waals surface area contributed by atoms with E-state index in [2.05, 4.69) is 12.3 Å². The Kier molecular flexibility index (Phi) is 5.01. The van der Waals surface area contributed by atoms with E-state index in [0.717, 1.165) is 37.4 Å². The van der Waals surface area contributed by atoms with Gasteiger partial charge in [0.1, 0.15) is 0 Å². The number of carbonyl (C=O) groups excluding carboxylic acids is 1. The summed E-state index contributed by atoms with van der Waals surface area (Å²) in [7, 11) is 0. The van der Waals surface area contributed by atoms with Crippen LogP contribution in [0.3, 0.4) is 0 Å². The number of rotatable bonds is 4. The Hall–Kier alpha value is -1.55. The van der Waals surface area contributed by atoms with Crippen LogP contribution in [-0.4, -0.2) is 23.9 Å². The SMILES string of the molecule is CCCC1CCN(C(=O)c2ccc(C)cc2NN)CC1. The van der Waals surface area contributed by atoms with Crippen LogP contribution in [-0.2, 0) is 0 Å². The highest BCUT2D eigenvalue weighted by atomic mass is 16.2. The average molecular weight is 275 g/mol. The first kappa shape index (κ1) is 14.9. The summed E-state index contributed by atoms with van der Waals surface area (Å²) in [5, 5.41) is 0. The zero-order valence-electron chi connectivity index (χ0n) is 12.5. The molecule has 1 fully saturated rings. The molecule has 0 bridgehead atoms. The van der Waals surface area contributed by atoms with Gasteiger partial charge in [0.05, 0.1) is 11.3 Å². The molecule has 1 aromatic carbocycles. The van der Waals surface area contributed by atoms with E-state index in [1.165, 1.54) is 12.8 Å². The molecular formula is C16H25N3O. The van der Waals surface area contributed by atoms with Gasteiger partial charge in [-0.05, 0) is 43.4 Å². The Morgan fingerprint density at radius 3 is 2.70 bits per heavy atom. The summed E-state index contributed by atoms with van der Waals surface area (Å²) >= 11 is 0. The number of nitrogen functional groups attached to an aromatic ring is 1. The molecule has 110 valence electrons. The zero-order valence-corrected chi connectivity index (χ0v) is 12.5. The predicted octanol–water partition coefficient (Wildman–Crippen LogP) is 2.93. The number of nitrogens with zero attached hydrogens (tertiary/aromatic N) is 1. The summed E-state index contributed by atoms with van der Waals surface area (Å²) in [5.41, 5.74) is 5.12. The summed E-state index contributed by atoms with van der Waals surface area (Å²) in [5.74, 6) is 6.40. The summed E-state index contributed by atoms with van der Waals surface area (Å²) < 4.78 is 0. The summed E-state index contributed by atoms with van der Waals surface area (Å²) in [6.45, 7) is 5.94. The monoisotopic (exact) mass is 275 g/mol. The Morgan fingerprint density at radius 1 is 1.40 bits per heavy atom. The fourth-order valence-corrected chi connectivity index (χ4v) is 2.97. The van der Waals surface area contributed by atoms with E-state index in [1.807, 2.05) is 30.0 Å².